The number of likely N-dealkylation sites (tertiary alicyclic amines) is 1. The number of aliphatic carboxylic acids is 2. The van der Waals surface area contributed by atoms with Crippen LogP contribution in [0.15, 0.2) is 58.6 Å². The van der Waals surface area contributed by atoms with Crippen LogP contribution >= 0.6 is 11.8 Å². The maximum Gasteiger partial charge on any atom is 0.328 e. The Morgan fingerprint density at radius 2 is 1.80 bits per heavy atom. The Kier molecular flexibility index (Phi) is 10.2. The van der Waals surface area contributed by atoms with Crippen molar-refractivity contribution in [3.63, 3.8) is 0 Å². The number of carbonyl (C=O) groups excluding carboxylic acids is 1. The number of benzene rings is 1. The van der Waals surface area contributed by atoms with Crippen LogP contribution in [0, 0.1) is 5.82 Å². The molecule has 1 saturated heterocycles. The molecule has 0 radical (unpaired) electrons. The van der Waals surface area contributed by atoms with Gasteiger partial charge in [0.05, 0.1) is 28.7 Å². The molecule has 1 amide bonds. The van der Waals surface area contributed by atoms with Crippen LogP contribution in [0.25, 0.3) is 11.0 Å². The molecule has 0 atom stereocenters. The average Bonchev–Trinajstić information content (AvgIpc) is 2.95. The highest BCUT2D eigenvalue weighted by atomic mass is 32.2. The van der Waals surface area contributed by atoms with Crippen molar-refractivity contribution >= 4 is 46.3 Å². The standard InChI is InChI=1S/C23H25FN6O2S.C4H4O4/c24-16-1-2-18-20(10-16)30(22(32)13-26-18)8-7-29-5-3-17(4-6-29)25-11-15-9-19-23(27-12-15)33-14-21(31)28-19;5-3(6)1-2-4(7)8/h1-2,9-10,12-13,17,25H,3-8,11,14H2,(H,28,31);1-2H,(H,5,6)(H,7,8). The summed E-state index contributed by atoms with van der Waals surface area (Å²) >= 11 is 1.46. The molecule has 0 aliphatic carbocycles. The summed E-state index contributed by atoms with van der Waals surface area (Å²) in [7, 11) is 0. The molecule has 4 N–H and O–H groups in total. The third-order valence-corrected chi connectivity index (χ3v) is 7.53. The van der Waals surface area contributed by atoms with E-state index in [0.717, 1.165) is 48.8 Å². The normalized spacial score (nSPS) is 15.7. The lowest BCUT2D eigenvalue weighted by molar-refractivity contribution is -0.134. The molecule has 14 heteroatoms. The first kappa shape index (κ1) is 29.8. The zero-order valence-corrected chi connectivity index (χ0v) is 22.8. The molecule has 0 saturated carbocycles. The molecule has 0 bridgehead atoms. The largest absolute Gasteiger partial charge is 0.478 e. The number of nitrogens with zero attached hydrogens (tertiary/aromatic N) is 4. The van der Waals surface area contributed by atoms with Crippen LogP contribution in [-0.2, 0) is 27.5 Å². The molecule has 3 aromatic rings. The van der Waals surface area contributed by atoms with E-state index in [1.165, 1.54) is 30.1 Å². The van der Waals surface area contributed by atoms with Gasteiger partial charge in [0.1, 0.15) is 10.8 Å². The monoisotopic (exact) mass is 584 g/mol. The number of rotatable bonds is 8. The summed E-state index contributed by atoms with van der Waals surface area (Å²) in [6.45, 7) is 3.80. The summed E-state index contributed by atoms with van der Waals surface area (Å²) < 4.78 is 15.3. The molecule has 4 heterocycles. The van der Waals surface area contributed by atoms with E-state index in [9.17, 15) is 23.6 Å². The van der Waals surface area contributed by atoms with Gasteiger partial charge < -0.3 is 30.3 Å². The summed E-state index contributed by atoms with van der Waals surface area (Å²) in [5.41, 5.74) is 2.79. The van der Waals surface area contributed by atoms with Gasteiger partial charge >= 0.3 is 11.9 Å². The fraction of sp³-hybridized carbons (Fsp3) is 0.333. The number of carboxylic acid groups (broad SMARTS) is 2. The summed E-state index contributed by atoms with van der Waals surface area (Å²) in [5, 5.41) is 23.0. The van der Waals surface area contributed by atoms with Crippen molar-refractivity contribution in [1.29, 1.82) is 0 Å². The van der Waals surface area contributed by atoms with Crippen LogP contribution in [0.1, 0.15) is 18.4 Å². The van der Waals surface area contributed by atoms with Crippen LogP contribution in [0.2, 0.25) is 0 Å². The second-order valence-electron chi connectivity index (χ2n) is 9.42. The van der Waals surface area contributed by atoms with E-state index in [1.807, 2.05) is 12.3 Å². The zero-order chi connectivity index (χ0) is 29.4. The average molecular weight is 585 g/mol. The Labute approximate surface area is 238 Å². The molecule has 12 nitrogen and oxygen atoms in total. The summed E-state index contributed by atoms with van der Waals surface area (Å²) in [5.74, 6) is -2.46. The smallest absolute Gasteiger partial charge is 0.328 e. The van der Waals surface area contributed by atoms with E-state index in [4.69, 9.17) is 10.2 Å². The van der Waals surface area contributed by atoms with Gasteiger partial charge in [0.2, 0.25) is 5.91 Å². The third kappa shape index (κ3) is 8.67. The number of anilines is 1. The number of aromatic nitrogens is 3. The van der Waals surface area contributed by atoms with E-state index in [-0.39, 0.29) is 17.3 Å². The molecule has 1 aromatic carbocycles. The fourth-order valence-electron chi connectivity index (χ4n) is 4.49. The number of amides is 1. The Hall–Kier alpha value is -4.14. The van der Waals surface area contributed by atoms with Gasteiger partial charge in [-0.1, -0.05) is 11.8 Å². The number of nitrogens with one attached hydrogen (secondary N) is 2. The highest BCUT2D eigenvalue weighted by molar-refractivity contribution is 8.00. The highest BCUT2D eigenvalue weighted by Gasteiger charge is 2.20. The lowest BCUT2D eigenvalue weighted by atomic mass is 10.0. The van der Waals surface area contributed by atoms with Gasteiger partial charge in [-0.05, 0) is 55.8 Å². The van der Waals surface area contributed by atoms with Gasteiger partial charge in [-0.2, -0.15) is 0 Å². The topological polar surface area (TPSA) is 167 Å². The van der Waals surface area contributed by atoms with E-state index in [0.29, 0.717) is 48.1 Å². The Morgan fingerprint density at radius 1 is 1.07 bits per heavy atom. The maximum atomic E-state index is 13.7. The first-order valence-electron chi connectivity index (χ1n) is 12.8. The Bertz CT molecular complexity index is 1510. The number of thioether (sulfide) groups is 1. The Balaban J connectivity index is 0.000000426. The molecule has 2 aliphatic heterocycles. The number of hydrogen-bond acceptors (Lipinski definition) is 9. The lowest BCUT2D eigenvalue weighted by Crippen LogP contribution is -2.43. The molecule has 41 heavy (non-hydrogen) atoms. The zero-order valence-electron chi connectivity index (χ0n) is 22.0. The molecule has 5 rings (SSSR count). The van der Waals surface area contributed by atoms with Gasteiger partial charge in [0.15, 0.2) is 0 Å². The molecule has 1 fully saturated rings. The van der Waals surface area contributed by atoms with Crippen LogP contribution in [-0.4, -0.2) is 78.9 Å². The molecule has 0 unspecified atom stereocenters. The Morgan fingerprint density at radius 3 is 2.51 bits per heavy atom. The van der Waals surface area contributed by atoms with Gasteiger partial charge in [0, 0.05) is 44.0 Å². The molecule has 216 valence electrons. The molecule has 2 aliphatic rings. The first-order chi connectivity index (χ1) is 19.7. The predicted octanol–water partition coefficient (Wildman–Crippen LogP) is 1.94. The maximum absolute atomic E-state index is 13.7. The van der Waals surface area contributed by atoms with Crippen molar-refractivity contribution in [1.82, 2.24) is 24.8 Å². The minimum Gasteiger partial charge on any atom is -0.478 e. The van der Waals surface area contributed by atoms with Crippen molar-refractivity contribution in [2.24, 2.45) is 0 Å². The predicted molar refractivity (Wildman–Crippen MR) is 150 cm³/mol. The number of carbonyl (C=O) groups is 3. The summed E-state index contributed by atoms with van der Waals surface area (Å²) in [6, 6.07) is 6.73. The molecular formula is C27H29FN6O6S. The first-order valence-corrected chi connectivity index (χ1v) is 13.8. The molecule has 2 aromatic heterocycles. The van der Waals surface area contributed by atoms with Crippen molar-refractivity contribution in [3.8, 4) is 0 Å². The van der Waals surface area contributed by atoms with Crippen molar-refractivity contribution in [2.45, 2.75) is 37.0 Å². The molecule has 0 spiro atoms. The van der Waals surface area contributed by atoms with E-state index in [2.05, 4.69) is 25.5 Å². The number of carboxylic acids is 2. The van der Waals surface area contributed by atoms with Crippen LogP contribution in [0.3, 0.4) is 0 Å². The second kappa shape index (κ2) is 14.0. The number of pyridine rings is 1. The number of piperidine rings is 1. The third-order valence-electron chi connectivity index (χ3n) is 6.52. The van der Waals surface area contributed by atoms with Gasteiger partial charge in [-0.15, -0.1) is 0 Å². The van der Waals surface area contributed by atoms with E-state index < -0.39 is 11.9 Å². The minimum absolute atomic E-state index is 0.0129. The van der Waals surface area contributed by atoms with Crippen molar-refractivity contribution < 1.29 is 29.0 Å². The van der Waals surface area contributed by atoms with Crippen LogP contribution in [0.4, 0.5) is 10.1 Å². The van der Waals surface area contributed by atoms with Crippen molar-refractivity contribution in [2.75, 3.05) is 30.7 Å². The van der Waals surface area contributed by atoms with Gasteiger partial charge in [-0.3, -0.25) is 9.59 Å². The van der Waals surface area contributed by atoms with Crippen LogP contribution in [0.5, 0.6) is 0 Å². The van der Waals surface area contributed by atoms with Gasteiger partial charge in [-0.25, -0.2) is 23.9 Å². The minimum atomic E-state index is -1.26. The van der Waals surface area contributed by atoms with Gasteiger partial charge in [0.25, 0.3) is 5.56 Å². The fourth-order valence-corrected chi connectivity index (χ4v) is 5.22. The number of halogens is 1. The van der Waals surface area contributed by atoms with E-state index >= 15 is 0 Å². The quantitative estimate of drug-likeness (QED) is 0.286. The molecular weight excluding hydrogens is 555 g/mol. The second-order valence-corrected chi connectivity index (χ2v) is 10.4. The highest BCUT2D eigenvalue weighted by Crippen LogP contribution is 2.29. The van der Waals surface area contributed by atoms with Crippen LogP contribution < -0.4 is 16.2 Å². The van der Waals surface area contributed by atoms with E-state index in [1.54, 1.807) is 10.6 Å². The van der Waals surface area contributed by atoms with Crippen molar-refractivity contribution in [3.05, 3.63) is 70.5 Å². The lowest BCUT2D eigenvalue weighted by Gasteiger charge is -2.32. The summed E-state index contributed by atoms with van der Waals surface area (Å²) in [4.78, 5) is 53.9. The number of fused-ring (bicyclic) bond motifs is 2. The summed E-state index contributed by atoms with van der Waals surface area (Å²) in [6.07, 6.45) is 6.29. The number of hydrogen-bond donors (Lipinski definition) is 4. The SMILES string of the molecule is O=C(O)C=CC(=O)O.O=C1CSc2ncc(CNC3CCN(CCn4c(=O)cnc5ccc(F)cc54)CC3)cc2N1.